The van der Waals surface area contributed by atoms with Gasteiger partial charge in [-0.1, -0.05) is 24.3 Å². The summed E-state index contributed by atoms with van der Waals surface area (Å²) >= 11 is 0. The molecule has 1 aliphatic heterocycles. The zero-order chi connectivity index (χ0) is 23.1. The third-order valence-electron chi connectivity index (χ3n) is 5.33. The first-order valence-corrected chi connectivity index (χ1v) is 12.6. The fourth-order valence-corrected chi connectivity index (χ4v) is 4.95. The Morgan fingerprint density at radius 2 is 1.41 bits per heavy atom. The SMILES string of the molecule is CNS(=O)(=O)c1ccc(C2=C[C@@](C)(c3ccc(S(=O)(=O)NC)cc3)Nc3ncnn32)cc1. The zero-order valence-corrected chi connectivity index (χ0v) is 19.2. The normalized spacial score (nSPS) is 18.5. The molecule has 168 valence electrons. The van der Waals surface area contributed by atoms with Crippen molar-refractivity contribution in [3.63, 3.8) is 0 Å². The number of hydrogen-bond acceptors (Lipinski definition) is 7. The van der Waals surface area contributed by atoms with Crippen LogP contribution in [0.15, 0.2) is 70.7 Å². The summed E-state index contributed by atoms with van der Waals surface area (Å²) in [7, 11) is -4.37. The molecule has 2 aromatic carbocycles. The molecule has 0 unspecified atom stereocenters. The molecule has 0 bridgehead atoms. The predicted octanol–water partition coefficient (Wildman–Crippen LogP) is 1.32. The first kappa shape index (κ1) is 22.1. The quantitative estimate of drug-likeness (QED) is 0.490. The molecule has 32 heavy (non-hydrogen) atoms. The molecule has 2 heterocycles. The van der Waals surface area contributed by atoms with E-state index in [2.05, 4.69) is 24.8 Å². The topological polar surface area (TPSA) is 135 Å². The minimum atomic E-state index is -3.55. The van der Waals surface area contributed by atoms with Crippen LogP contribution >= 0.6 is 0 Å². The van der Waals surface area contributed by atoms with Gasteiger partial charge in [-0.05, 0) is 56.9 Å². The van der Waals surface area contributed by atoms with E-state index >= 15 is 0 Å². The second-order valence-electron chi connectivity index (χ2n) is 7.32. The lowest BCUT2D eigenvalue weighted by Gasteiger charge is -2.34. The number of fused-ring (bicyclic) bond motifs is 1. The molecular formula is C20H22N6O4S2. The number of anilines is 1. The molecule has 3 N–H and O–H groups in total. The van der Waals surface area contributed by atoms with Crippen LogP contribution in [0.5, 0.6) is 0 Å². The first-order chi connectivity index (χ1) is 15.1. The maximum Gasteiger partial charge on any atom is 0.240 e. The monoisotopic (exact) mass is 474 g/mol. The number of sulfonamides is 2. The van der Waals surface area contributed by atoms with Crippen molar-refractivity contribution in [2.75, 3.05) is 19.4 Å². The van der Waals surface area contributed by atoms with Crippen LogP contribution in [-0.2, 0) is 25.6 Å². The summed E-state index contributed by atoms with van der Waals surface area (Å²) < 4.78 is 54.4. The molecule has 0 amide bonds. The Balaban J connectivity index is 1.78. The van der Waals surface area contributed by atoms with Crippen molar-refractivity contribution in [1.82, 2.24) is 24.2 Å². The largest absolute Gasteiger partial charge is 0.341 e. The zero-order valence-electron chi connectivity index (χ0n) is 17.6. The fraction of sp³-hybridized carbons (Fsp3) is 0.200. The van der Waals surface area contributed by atoms with E-state index < -0.39 is 25.6 Å². The molecular weight excluding hydrogens is 452 g/mol. The Labute approximate surface area is 186 Å². The molecule has 0 radical (unpaired) electrons. The van der Waals surface area contributed by atoms with E-state index in [1.54, 1.807) is 41.1 Å². The van der Waals surface area contributed by atoms with Gasteiger partial charge < -0.3 is 5.32 Å². The highest BCUT2D eigenvalue weighted by Crippen LogP contribution is 2.36. The molecule has 12 heteroatoms. The minimum absolute atomic E-state index is 0.154. The van der Waals surface area contributed by atoms with E-state index in [1.807, 2.05) is 13.0 Å². The van der Waals surface area contributed by atoms with Crippen LogP contribution in [-0.4, -0.2) is 45.7 Å². The molecule has 0 spiro atoms. The van der Waals surface area contributed by atoms with Gasteiger partial charge >= 0.3 is 0 Å². The molecule has 4 rings (SSSR count). The molecule has 1 aliphatic rings. The highest BCUT2D eigenvalue weighted by molar-refractivity contribution is 7.89. The Morgan fingerprint density at radius 3 is 1.94 bits per heavy atom. The Hall–Kier alpha value is -3.06. The first-order valence-electron chi connectivity index (χ1n) is 9.59. The van der Waals surface area contributed by atoms with Gasteiger partial charge in [-0.2, -0.15) is 14.8 Å². The van der Waals surface area contributed by atoms with E-state index in [4.69, 9.17) is 0 Å². The summed E-state index contributed by atoms with van der Waals surface area (Å²) in [5.41, 5.74) is 1.54. The highest BCUT2D eigenvalue weighted by atomic mass is 32.2. The summed E-state index contributed by atoms with van der Waals surface area (Å²) in [6.45, 7) is 1.94. The Bertz CT molecular complexity index is 1400. The van der Waals surface area contributed by atoms with Crippen LogP contribution in [0, 0.1) is 0 Å². The van der Waals surface area contributed by atoms with Gasteiger partial charge in [-0.3, -0.25) is 0 Å². The van der Waals surface area contributed by atoms with Crippen molar-refractivity contribution in [3.8, 4) is 0 Å². The number of nitrogens with one attached hydrogen (secondary N) is 3. The van der Waals surface area contributed by atoms with Gasteiger partial charge in [0.15, 0.2) is 0 Å². The number of nitrogens with zero attached hydrogens (tertiary/aromatic N) is 3. The third-order valence-corrected chi connectivity index (χ3v) is 8.20. The Morgan fingerprint density at radius 1 is 0.875 bits per heavy atom. The van der Waals surface area contributed by atoms with Gasteiger partial charge in [0.25, 0.3) is 0 Å². The maximum atomic E-state index is 12.0. The van der Waals surface area contributed by atoms with Crippen molar-refractivity contribution in [1.29, 1.82) is 0 Å². The minimum Gasteiger partial charge on any atom is -0.341 e. The van der Waals surface area contributed by atoms with Crippen LogP contribution in [0.3, 0.4) is 0 Å². The van der Waals surface area contributed by atoms with Gasteiger partial charge in [0.1, 0.15) is 6.33 Å². The summed E-state index contributed by atoms with van der Waals surface area (Å²) in [4.78, 5) is 4.60. The maximum absolute atomic E-state index is 12.0. The number of rotatable bonds is 6. The Kier molecular flexibility index (Phi) is 5.41. The van der Waals surface area contributed by atoms with E-state index in [-0.39, 0.29) is 9.79 Å². The average Bonchev–Trinajstić information content (AvgIpc) is 3.27. The standard InChI is InChI=1S/C20H22N6O4S2/c1-20(15-6-10-17(11-7-15)32(29,30)22-3)12-18(26-19(25-20)23-13-24-26)14-4-8-16(9-5-14)31(27,28)21-2/h4-13,21-22H,1-3H3,(H,23,24,25)/t20-/m0/s1. The van der Waals surface area contributed by atoms with Crippen LogP contribution in [0.1, 0.15) is 18.1 Å². The summed E-state index contributed by atoms with van der Waals surface area (Å²) in [6, 6.07) is 13.0. The van der Waals surface area contributed by atoms with Crippen LogP contribution in [0.2, 0.25) is 0 Å². The van der Waals surface area contributed by atoms with E-state index in [9.17, 15) is 16.8 Å². The number of benzene rings is 2. The van der Waals surface area contributed by atoms with Crippen molar-refractivity contribution in [2.24, 2.45) is 0 Å². The number of hydrogen-bond donors (Lipinski definition) is 3. The highest BCUT2D eigenvalue weighted by Gasteiger charge is 2.32. The molecule has 0 saturated heterocycles. The van der Waals surface area contributed by atoms with Crippen LogP contribution < -0.4 is 14.8 Å². The second kappa shape index (κ2) is 7.81. The lowest BCUT2D eigenvalue weighted by Crippen LogP contribution is -2.35. The lowest BCUT2D eigenvalue weighted by atomic mass is 9.89. The van der Waals surface area contributed by atoms with Gasteiger partial charge in [0, 0.05) is 5.56 Å². The van der Waals surface area contributed by atoms with E-state index in [1.165, 1.54) is 32.6 Å². The van der Waals surface area contributed by atoms with Crippen molar-refractivity contribution >= 4 is 31.7 Å². The van der Waals surface area contributed by atoms with Crippen molar-refractivity contribution in [2.45, 2.75) is 22.3 Å². The lowest BCUT2D eigenvalue weighted by molar-refractivity contribution is 0.586. The number of aromatic nitrogens is 3. The smallest absolute Gasteiger partial charge is 0.240 e. The predicted molar refractivity (Wildman–Crippen MR) is 120 cm³/mol. The van der Waals surface area contributed by atoms with E-state index in [0.717, 1.165) is 11.1 Å². The fourth-order valence-electron chi connectivity index (χ4n) is 3.49. The molecule has 0 aliphatic carbocycles. The van der Waals surface area contributed by atoms with Gasteiger partial charge in [-0.25, -0.2) is 26.3 Å². The van der Waals surface area contributed by atoms with Crippen LogP contribution in [0.4, 0.5) is 5.95 Å². The third kappa shape index (κ3) is 3.81. The van der Waals surface area contributed by atoms with Crippen molar-refractivity contribution < 1.29 is 16.8 Å². The molecule has 3 aromatic rings. The molecule has 0 saturated carbocycles. The van der Waals surface area contributed by atoms with Gasteiger partial charge in [-0.15, -0.1) is 0 Å². The molecule has 0 fully saturated rings. The second-order valence-corrected chi connectivity index (χ2v) is 11.1. The molecule has 1 aromatic heterocycles. The summed E-state index contributed by atoms with van der Waals surface area (Å²) in [6.07, 6.45) is 3.36. The van der Waals surface area contributed by atoms with Gasteiger partial charge in [0.2, 0.25) is 26.0 Å². The summed E-state index contributed by atoms with van der Waals surface area (Å²) in [5, 5.41) is 7.60. The average molecular weight is 475 g/mol. The molecule has 10 nitrogen and oxygen atoms in total. The van der Waals surface area contributed by atoms with E-state index in [0.29, 0.717) is 11.6 Å². The van der Waals surface area contributed by atoms with Crippen molar-refractivity contribution in [3.05, 3.63) is 72.1 Å². The van der Waals surface area contributed by atoms with Gasteiger partial charge in [0.05, 0.1) is 21.0 Å². The van der Waals surface area contributed by atoms with Crippen LogP contribution in [0.25, 0.3) is 5.70 Å². The summed E-state index contributed by atoms with van der Waals surface area (Å²) in [5.74, 6) is 0.504. The molecule has 1 atom stereocenters.